The van der Waals surface area contributed by atoms with Crippen molar-refractivity contribution < 1.29 is 0 Å². The Morgan fingerprint density at radius 1 is 1.33 bits per heavy atom. The number of aromatic amines is 1. The molecule has 2 aromatic heterocycles. The Hall–Kier alpha value is -1.31. The zero-order valence-electron chi connectivity index (χ0n) is 10.4. The summed E-state index contributed by atoms with van der Waals surface area (Å²) in [5.74, 6) is 0.479. The van der Waals surface area contributed by atoms with E-state index in [0.29, 0.717) is 15.1 Å². The molecule has 6 heteroatoms. The topological polar surface area (TPSA) is 71.5 Å². The zero-order chi connectivity index (χ0) is 13.3. The first kappa shape index (κ1) is 13.1. The number of aromatic nitrogens is 4. The van der Waals surface area contributed by atoms with Crippen LogP contribution in [0, 0.1) is 3.57 Å². The van der Waals surface area contributed by atoms with E-state index < -0.39 is 0 Å². The predicted molar refractivity (Wildman–Crippen MR) is 77.3 cm³/mol. The third-order valence-corrected chi connectivity index (χ3v) is 3.40. The van der Waals surface area contributed by atoms with Crippen molar-refractivity contribution in [2.45, 2.75) is 26.2 Å². The molecular formula is C12H13IN4O. The van der Waals surface area contributed by atoms with Gasteiger partial charge in [-0.25, -0.2) is 15.0 Å². The van der Waals surface area contributed by atoms with E-state index >= 15 is 0 Å². The maximum absolute atomic E-state index is 11.9. The highest BCUT2D eigenvalue weighted by molar-refractivity contribution is 14.1. The largest absolute Gasteiger partial charge is 0.304 e. The van der Waals surface area contributed by atoms with E-state index in [2.05, 4.69) is 19.9 Å². The Bertz CT molecular complexity index is 616. The summed E-state index contributed by atoms with van der Waals surface area (Å²) in [6, 6.07) is 1.72. The number of hydrogen-bond donors (Lipinski definition) is 1. The van der Waals surface area contributed by atoms with Crippen LogP contribution >= 0.6 is 22.6 Å². The van der Waals surface area contributed by atoms with Crippen LogP contribution in [0.1, 0.15) is 26.5 Å². The first-order chi connectivity index (χ1) is 8.39. The van der Waals surface area contributed by atoms with Gasteiger partial charge in [-0.05, 0) is 28.7 Å². The first-order valence-corrected chi connectivity index (χ1v) is 6.54. The molecule has 0 aliphatic rings. The molecule has 5 nitrogen and oxygen atoms in total. The third kappa shape index (κ3) is 2.58. The Kier molecular flexibility index (Phi) is 3.47. The number of H-pyrrole nitrogens is 1. The number of nitrogens with zero attached hydrogens (tertiary/aromatic N) is 3. The normalized spacial score (nSPS) is 11.6. The highest BCUT2D eigenvalue weighted by atomic mass is 127. The smallest absolute Gasteiger partial charge is 0.264 e. The third-order valence-electron chi connectivity index (χ3n) is 2.40. The molecule has 0 aromatic carbocycles. The van der Waals surface area contributed by atoms with Gasteiger partial charge in [0.05, 0.1) is 5.69 Å². The molecule has 0 saturated heterocycles. The lowest BCUT2D eigenvalue weighted by molar-refractivity contribution is 0.562. The van der Waals surface area contributed by atoms with Crippen LogP contribution in [0.3, 0.4) is 0 Å². The van der Waals surface area contributed by atoms with Crippen LogP contribution in [0.2, 0.25) is 0 Å². The van der Waals surface area contributed by atoms with Gasteiger partial charge in [-0.15, -0.1) is 0 Å². The first-order valence-electron chi connectivity index (χ1n) is 5.46. The van der Waals surface area contributed by atoms with Gasteiger partial charge >= 0.3 is 0 Å². The van der Waals surface area contributed by atoms with Crippen LogP contribution in [0.25, 0.3) is 11.5 Å². The predicted octanol–water partition coefficient (Wildman–Crippen LogP) is 2.13. The summed E-state index contributed by atoms with van der Waals surface area (Å²) in [5.41, 5.74) is 1.07. The maximum atomic E-state index is 11.9. The second kappa shape index (κ2) is 4.75. The van der Waals surface area contributed by atoms with Gasteiger partial charge < -0.3 is 4.98 Å². The van der Waals surface area contributed by atoms with Crippen molar-refractivity contribution in [2.75, 3.05) is 0 Å². The number of rotatable bonds is 1. The molecule has 0 unspecified atom stereocenters. The van der Waals surface area contributed by atoms with Gasteiger partial charge in [-0.2, -0.15) is 0 Å². The fraction of sp³-hybridized carbons (Fsp3) is 0.333. The van der Waals surface area contributed by atoms with E-state index in [1.54, 1.807) is 12.3 Å². The molecule has 0 aliphatic heterocycles. The Balaban J connectivity index is 2.66. The molecule has 0 radical (unpaired) electrons. The van der Waals surface area contributed by atoms with Crippen molar-refractivity contribution in [3.63, 3.8) is 0 Å². The molecular weight excluding hydrogens is 343 g/mol. The number of hydrogen-bond acceptors (Lipinski definition) is 4. The summed E-state index contributed by atoms with van der Waals surface area (Å²) in [7, 11) is 0. The van der Waals surface area contributed by atoms with Crippen molar-refractivity contribution in [2.24, 2.45) is 0 Å². The van der Waals surface area contributed by atoms with Crippen LogP contribution < -0.4 is 5.56 Å². The van der Waals surface area contributed by atoms with Gasteiger partial charge in [0.15, 0.2) is 5.82 Å². The van der Waals surface area contributed by atoms with Crippen LogP contribution in [0.15, 0.2) is 23.4 Å². The van der Waals surface area contributed by atoms with Gasteiger partial charge in [0.25, 0.3) is 5.56 Å². The van der Waals surface area contributed by atoms with Gasteiger partial charge in [0.1, 0.15) is 15.6 Å². The monoisotopic (exact) mass is 356 g/mol. The Morgan fingerprint density at radius 2 is 2.06 bits per heavy atom. The van der Waals surface area contributed by atoms with Crippen molar-refractivity contribution in [3.8, 4) is 11.5 Å². The molecule has 0 saturated carbocycles. The second-order valence-electron chi connectivity index (χ2n) is 4.92. The highest BCUT2D eigenvalue weighted by Gasteiger charge is 2.22. The van der Waals surface area contributed by atoms with E-state index in [0.717, 1.165) is 5.69 Å². The van der Waals surface area contributed by atoms with Crippen LogP contribution in [0.4, 0.5) is 0 Å². The summed E-state index contributed by atoms with van der Waals surface area (Å²) in [6.07, 6.45) is 3.06. The molecule has 2 heterocycles. The average Bonchev–Trinajstić information content (AvgIpc) is 2.32. The summed E-state index contributed by atoms with van der Waals surface area (Å²) >= 11 is 2.03. The number of halogens is 1. The minimum atomic E-state index is -0.188. The highest BCUT2D eigenvalue weighted by Crippen LogP contribution is 2.24. The molecule has 0 fully saturated rings. The summed E-state index contributed by atoms with van der Waals surface area (Å²) in [6.45, 7) is 6.09. The summed E-state index contributed by atoms with van der Waals surface area (Å²) in [5, 5.41) is 0. The van der Waals surface area contributed by atoms with Gasteiger partial charge in [0, 0.05) is 11.6 Å². The molecule has 0 aliphatic carbocycles. The van der Waals surface area contributed by atoms with Crippen molar-refractivity contribution in [1.82, 2.24) is 19.9 Å². The molecule has 0 spiro atoms. The quantitative estimate of drug-likeness (QED) is 0.795. The van der Waals surface area contributed by atoms with Crippen molar-refractivity contribution in [3.05, 3.63) is 38.2 Å². The fourth-order valence-electron chi connectivity index (χ4n) is 1.51. The Labute approximate surface area is 118 Å². The lowest BCUT2D eigenvalue weighted by atomic mass is 9.92. The van der Waals surface area contributed by atoms with E-state index in [-0.39, 0.29) is 11.0 Å². The molecule has 94 valence electrons. The van der Waals surface area contributed by atoms with Crippen LogP contribution in [-0.2, 0) is 5.41 Å². The lowest BCUT2D eigenvalue weighted by Crippen LogP contribution is -2.24. The molecule has 0 atom stereocenters. The van der Waals surface area contributed by atoms with Gasteiger partial charge in [-0.3, -0.25) is 4.79 Å². The molecule has 0 bridgehead atoms. The SMILES string of the molecule is CC(C)(C)c1nc(-c2ccncn2)[nH]c(=O)c1I. The molecule has 0 amide bonds. The molecule has 2 rings (SSSR count). The van der Waals surface area contributed by atoms with Crippen molar-refractivity contribution >= 4 is 22.6 Å². The minimum absolute atomic E-state index is 0.135. The molecule has 1 N–H and O–H groups in total. The molecule has 18 heavy (non-hydrogen) atoms. The van der Waals surface area contributed by atoms with Crippen LogP contribution in [-0.4, -0.2) is 19.9 Å². The summed E-state index contributed by atoms with van der Waals surface area (Å²) in [4.78, 5) is 27.1. The summed E-state index contributed by atoms with van der Waals surface area (Å²) < 4.78 is 0.623. The standard InChI is InChI=1S/C12H13IN4O/c1-12(2,3)9-8(13)11(18)17-10(16-9)7-4-5-14-6-15-7/h4-6H,1-3H3,(H,16,17,18). The van der Waals surface area contributed by atoms with E-state index in [9.17, 15) is 4.79 Å². The number of nitrogens with one attached hydrogen (secondary N) is 1. The lowest BCUT2D eigenvalue weighted by Gasteiger charge is -2.19. The fourth-order valence-corrected chi connectivity index (χ4v) is 2.57. The van der Waals surface area contributed by atoms with Gasteiger partial charge in [0.2, 0.25) is 0 Å². The molecule has 2 aromatic rings. The van der Waals surface area contributed by atoms with Crippen LogP contribution in [0.5, 0.6) is 0 Å². The van der Waals surface area contributed by atoms with E-state index in [4.69, 9.17) is 0 Å². The van der Waals surface area contributed by atoms with E-state index in [1.165, 1.54) is 6.33 Å². The van der Waals surface area contributed by atoms with Crippen molar-refractivity contribution in [1.29, 1.82) is 0 Å². The van der Waals surface area contributed by atoms with Gasteiger partial charge in [-0.1, -0.05) is 20.8 Å². The average molecular weight is 356 g/mol. The maximum Gasteiger partial charge on any atom is 0.264 e. The Morgan fingerprint density at radius 3 is 2.61 bits per heavy atom. The second-order valence-corrected chi connectivity index (χ2v) is 6.00. The minimum Gasteiger partial charge on any atom is -0.304 e. The zero-order valence-corrected chi connectivity index (χ0v) is 12.5. The van der Waals surface area contributed by atoms with E-state index in [1.807, 2.05) is 43.4 Å².